The van der Waals surface area contributed by atoms with E-state index < -0.39 is 9.84 Å². The topological polar surface area (TPSA) is 43.4 Å². The smallest absolute Gasteiger partial charge is 0.152 e. The van der Waals surface area contributed by atoms with Crippen LogP contribution in [-0.4, -0.2) is 39.0 Å². The van der Waals surface area contributed by atoms with E-state index in [4.69, 9.17) is 4.74 Å². The van der Waals surface area contributed by atoms with Gasteiger partial charge in [0.1, 0.15) is 0 Å². The second kappa shape index (κ2) is 11.5. The maximum Gasteiger partial charge on any atom is 0.152 e. The largest absolute Gasteiger partial charge is 0.384 e. The number of rotatable bonds is 12. The Morgan fingerprint density at radius 3 is 1.94 bits per heavy atom. The summed E-state index contributed by atoms with van der Waals surface area (Å²) in [7, 11) is -1.35. The van der Waals surface area contributed by atoms with Crippen LogP contribution in [0.4, 0.5) is 0 Å². The summed E-state index contributed by atoms with van der Waals surface area (Å²) in [6, 6.07) is 0. The lowest BCUT2D eigenvalue weighted by atomic mass is 10.1. The fraction of sp³-hybridized carbons (Fsp3) is 1.00. The molecular formula is C12H25BrO3S. The predicted molar refractivity (Wildman–Crippen MR) is 76.6 cm³/mol. The number of methoxy groups -OCH3 is 1. The van der Waals surface area contributed by atoms with E-state index in [1.165, 1.54) is 32.8 Å². The molecule has 0 amide bonds. The van der Waals surface area contributed by atoms with Gasteiger partial charge in [-0.25, -0.2) is 8.42 Å². The maximum atomic E-state index is 11.5. The highest BCUT2D eigenvalue weighted by Gasteiger charge is 2.09. The van der Waals surface area contributed by atoms with Crippen LogP contribution >= 0.6 is 15.9 Å². The number of unbranched alkanes of at least 4 members (excludes halogenated alkanes) is 6. The third-order valence-corrected chi connectivity index (χ3v) is 4.95. The van der Waals surface area contributed by atoms with E-state index in [-0.39, 0.29) is 5.75 Å². The van der Waals surface area contributed by atoms with Crippen molar-refractivity contribution in [2.75, 3.05) is 30.6 Å². The SMILES string of the molecule is COCCS(=O)(=O)CCCCCCCCCBr. The van der Waals surface area contributed by atoms with Gasteiger partial charge < -0.3 is 4.74 Å². The number of alkyl halides is 1. The fourth-order valence-electron chi connectivity index (χ4n) is 1.61. The molecule has 3 nitrogen and oxygen atoms in total. The molecule has 0 unspecified atom stereocenters. The Bertz CT molecular complexity index is 252. The summed E-state index contributed by atoms with van der Waals surface area (Å²) in [5.74, 6) is 0.479. The molecule has 0 heterocycles. The zero-order valence-corrected chi connectivity index (χ0v) is 13.2. The first-order chi connectivity index (χ1) is 8.12. The molecule has 0 aromatic rings. The lowest BCUT2D eigenvalue weighted by Crippen LogP contribution is -2.14. The average molecular weight is 329 g/mol. The molecule has 0 aromatic carbocycles. The molecule has 5 heteroatoms. The third kappa shape index (κ3) is 12.6. The molecule has 0 rings (SSSR count). The standard InChI is InChI=1S/C12H25BrO3S/c1-16-10-12-17(14,15)11-8-6-4-2-3-5-7-9-13/h2-12H2,1H3. The van der Waals surface area contributed by atoms with Crippen LogP contribution in [0.3, 0.4) is 0 Å². The highest BCUT2D eigenvalue weighted by atomic mass is 79.9. The average Bonchev–Trinajstić information content (AvgIpc) is 2.30. The van der Waals surface area contributed by atoms with Crippen LogP contribution in [0.15, 0.2) is 0 Å². The van der Waals surface area contributed by atoms with E-state index in [0.717, 1.165) is 24.6 Å². The monoisotopic (exact) mass is 328 g/mol. The van der Waals surface area contributed by atoms with E-state index >= 15 is 0 Å². The lowest BCUT2D eigenvalue weighted by molar-refractivity contribution is 0.217. The summed E-state index contributed by atoms with van der Waals surface area (Å²) in [5.41, 5.74) is 0. The Kier molecular flexibility index (Phi) is 11.7. The van der Waals surface area contributed by atoms with Crippen molar-refractivity contribution in [3.63, 3.8) is 0 Å². The van der Waals surface area contributed by atoms with E-state index in [0.29, 0.717) is 12.4 Å². The number of hydrogen-bond donors (Lipinski definition) is 0. The van der Waals surface area contributed by atoms with Crippen molar-refractivity contribution < 1.29 is 13.2 Å². The van der Waals surface area contributed by atoms with Gasteiger partial charge in [0.15, 0.2) is 9.84 Å². The molecule has 0 aliphatic heterocycles. The lowest BCUT2D eigenvalue weighted by Gasteiger charge is -2.04. The summed E-state index contributed by atoms with van der Waals surface area (Å²) < 4.78 is 27.7. The highest BCUT2D eigenvalue weighted by molar-refractivity contribution is 9.09. The summed E-state index contributed by atoms with van der Waals surface area (Å²) in [4.78, 5) is 0. The van der Waals surface area contributed by atoms with Crippen LogP contribution < -0.4 is 0 Å². The molecule has 0 aliphatic carbocycles. The molecule has 0 radical (unpaired) electrons. The van der Waals surface area contributed by atoms with Gasteiger partial charge in [0, 0.05) is 12.4 Å². The first-order valence-electron chi connectivity index (χ1n) is 6.37. The van der Waals surface area contributed by atoms with Crippen LogP contribution in [0, 0.1) is 0 Å². The molecular weight excluding hydrogens is 304 g/mol. The predicted octanol–water partition coefficient (Wildman–Crippen LogP) is 3.17. The van der Waals surface area contributed by atoms with Crippen molar-refractivity contribution in [3.05, 3.63) is 0 Å². The fourth-order valence-corrected chi connectivity index (χ4v) is 3.28. The van der Waals surface area contributed by atoms with Gasteiger partial charge in [0.05, 0.1) is 18.1 Å². The second-order valence-electron chi connectivity index (χ2n) is 4.31. The van der Waals surface area contributed by atoms with E-state index in [1.54, 1.807) is 0 Å². The third-order valence-electron chi connectivity index (χ3n) is 2.69. The zero-order valence-electron chi connectivity index (χ0n) is 10.8. The number of ether oxygens (including phenoxy) is 1. The molecule has 0 saturated carbocycles. The van der Waals surface area contributed by atoms with Crippen molar-refractivity contribution in [2.45, 2.75) is 44.9 Å². The van der Waals surface area contributed by atoms with Gasteiger partial charge in [-0.1, -0.05) is 48.0 Å². The Morgan fingerprint density at radius 1 is 0.882 bits per heavy atom. The van der Waals surface area contributed by atoms with Crippen molar-refractivity contribution in [1.29, 1.82) is 0 Å². The zero-order chi connectivity index (χ0) is 13.0. The van der Waals surface area contributed by atoms with Crippen molar-refractivity contribution in [2.24, 2.45) is 0 Å². The van der Waals surface area contributed by atoms with E-state index in [2.05, 4.69) is 15.9 Å². The van der Waals surface area contributed by atoms with Crippen molar-refractivity contribution >= 4 is 25.8 Å². The molecule has 0 aliphatic rings. The van der Waals surface area contributed by atoms with Gasteiger partial charge in [-0.3, -0.25) is 0 Å². The molecule has 0 saturated heterocycles. The Hall–Kier alpha value is 0.390. The number of hydrogen-bond acceptors (Lipinski definition) is 3. The number of halogens is 1. The molecule has 0 spiro atoms. The Labute approximate surface area is 114 Å². The van der Waals surface area contributed by atoms with E-state index in [9.17, 15) is 8.42 Å². The molecule has 0 N–H and O–H groups in total. The van der Waals surface area contributed by atoms with Gasteiger partial charge in [0.2, 0.25) is 0 Å². The second-order valence-corrected chi connectivity index (χ2v) is 7.41. The summed E-state index contributed by atoms with van der Waals surface area (Å²) in [6.07, 6.45) is 7.99. The minimum absolute atomic E-state index is 0.161. The van der Waals surface area contributed by atoms with Crippen LogP contribution in [-0.2, 0) is 14.6 Å². The van der Waals surface area contributed by atoms with Crippen LogP contribution in [0.2, 0.25) is 0 Å². The summed E-state index contributed by atoms with van der Waals surface area (Å²) >= 11 is 3.41. The molecule has 0 fully saturated rings. The first-order valence-corrected chi connectivity index (χ1v) is 9.32. The normalized spacial score (nSPS) is 11.9. The maximum absolute atomic E-state index is 11.5. The molecule has 0 atom stereocenters. The van der Waals surface area contributed by atoms with Crippen molar-refractivity contribution in [3.8, 4) is 0 Å². The van der Waals surface area contributed by atoms with Crippen LogP contribution in [0.1, 0.15) is 44.9 Å². The minimum Gasteiger partial charge on any atom is -0.384 e. The van der Waals surface area contributed by atoms with Gasteiger partial charge in [0.25, 0.3) is 0 Å². The van der Waals surface area contributed by atoms with Gasteiger partial charge in [-0.2, -0.15) is 0 Å². The number of sulfone groups is 1. The van der Waals surface area contributed by atoms with Crippen LogP contribution in [0.25, 0.3) is 0 Å². The molecule has 0 bridgehead atoms. The van der Waals surface area contributed by atoms with Crippen LogP contribution in [0.5, 0.6) is 0 Å². The quantitative estimate of drug-likeness (QED) is 0.408. The minimum atomic E-state index is -2.88. The van der Waals surface area contributed by atoms with E-state index in [1.807, 2.05) is 0 Å². The Balaban J connectivity index is 3.32. The molecule has 104 valence electrons. The first kappa shape index (κ1) is 17.4. The van der Waals surface area contributed by atoms with Gasteiger partial charge >= 0.3 is 0 Å². The van der Waals surface area contributed by atoms with Gasteiger partial charge in [-0.15, -0.1) is 0 Å². The summed E-state index contributed by atoms with van der Waals surface area (Å²) in [5, 5.41) is 1.09. The molecule has 0 aromatic heterocycles. The summed E-state index contributed by atoms with van der Waals surface area (Å²) in [6.45, 7) is 0.314. The van der Waals surface area contributed by atoms with Crippen molar-refractivity contribution in [1.82, 2.24) is 0 Å². The highest BCUT2D eigenvalue weighted by Crippen LogP contribution is 2.09. The Morgan fingerprint density at radius 2 is 1.41 bits per heavy atom. The van der Waals surface area contributed by atoms with Gasteiger partial charge in [-0.05, 0) is 12.8 Å². The molecule has 17 heavy (non-hydrogen) atoms.